The topological polar surface area (TPSA) is 66.0 Å². The molecule has 0 amide bonds. The minimum Gasteiger partial charge on any atom is -0.508 e. The Morgan fingerprint density at radius 3 is 2.17 bits per heavy atom. The number of aromatic amines is 1. The number of benzene rings is 2. The SMILES string of the molecule is CC.CCC.O=C(c1ccc(O)cc1)c1nc2ccccc2[nH]1. The monoisotopic (exact) mass is 312 g/mol. The molecule has 0 spiro atoms. The summed E-state index contributed by atoms with van der Waals surface area (Å²) in [6.07, 6.45) is 1.25. The lowest BCUT2D eigenvalue weighted by atomic mass is 10.1. The number of phenols is 1. The number of nitrogens with one attached hydrogen (secondary N) is 1. The third-order valence-corrected chi connectivity index (χ3v) is 2.73. The number of ketones is 1. The molecule has 4 heteroatoms. The molecule has 1 aromatic heterocycles. The van der Waals surface area contributed by atoms with Crippen LogP contribution < -0.4 is 0 Å². The molecule has 23 heavy (non-hydrogen) atoms. The van der Waals surface area contributed by atoms with Gasteiger partial charge in [0.05, 0.1) is 11.0 Å². The number of nitrogens with zero attached hydrogens (tertiary/aromatic N) is 1. The first-order valence-electron chi connectivity index (χ1n) is 7.94. The third-order valence-electron chi connectivity index (χ3n) is 2.73. The first-order valence-corrected chi connectivity index (χ1v) is 7.94. The third kappa shape index (κ3) is 4.95. The smallest absolute Gasteiger partial charge is 0.228 e. The highest BCUT2D eigenvalue weighted by atomic mass is 16.3. The van der Waals surface area contributed by atoms with Crippen molar-refractivity contribution in [1.82, 2.24) is 9.97 Å². The summed E-state index contributed by atoms with van der Waals surface area (Å²) in [5, 5.41) is 9.19. The molecule has 122 valence electrons. The second-order valence-corrected chi connectivity index (χ2v) is 4.69. The van der Waals surface area contributed by atoms with Crippen molar-refractivity contribution in [3.05, 3.63) is 59.9 Å². The van der Waals surface area contributed by atoms with Gasteiger partial charge in [-0.25, -0.2) is 4.98 Å². The Morgan fingerprint density at radius 2 is 1.61 bits per heavy atom. The van der Waals surface area contributed by atoms with E-state index >= 15 is 0 Å². The molecule has 0 radical (unpaired) electrons. The van der Waals surface area contributed by atoms with Crippen LogP contribution in [0.15, 0.2) is 48.5 Å². The average molecular weight is 312 g/mol. The molecule has 0 aliphatic rings. The molecule has 1 heterocycles. The minimum atomic E-state index is -0.189. The van der Waals surface area contributed by atoms with Crippen LogP contribution in [0.2, 0.25) is 0 Å². The summed E-state index contributed by atoms with van der Waals surface area (Å²) in [4.78, 5) is 19.4. The molecule has 0 fully saturated rings. The first-order chi connectivity index (χ1) is 11.2. The van der Waals surface area contributed by atoms with Crippen molar-refractivity contribution in [2.24, 2.45) is 0 Å². The summed E-state index contributed by atoms with van der Waals surface area (Å²) in [5.41, 5.74) is 2.09. The van der Waals surface area contributed by atoms with Crippen molar-refractivity contribution in [1.29, 1.82) is 0 Å². The summed E-state index contributed by atoms with van der Waals surface area (Å²) in [6, 6.07) is 13.6. The standard InChI is InChI=1S/C14H10N2O2.C3H8.C2H6/c17-10-7-5-9(6-8-10)13(18)14-15-11-3-1-2-4-12(11)16-14;1-3-2;1-2/h1-8,17H,(H,15,16);3H2,1-2H3;1-2H3. The second kappa shape index (κ2) is 9.41. The van der Waals surface area contributed by atoms with Crippen LogP contribution in [0.4, 0.5) is 0 Å². The van der Waals surface area contributed by atoms with Crippen molar-refractivity contribution < 1.29 is 9.90 Å². The minimum absolute atomic E-state index is 0.135. The lowest BCUT2D eigenvalue weighted by Crippen LogP contribution is -2.03. The van der Waals surface area contributed by atoms with E-state index in [9.17, 15) is 9.90 Å². The van der Waals surface area contributed by atoms with Crippen LogP contribution in [0.3, 0.4) is 0 Å². The number of rotatable bonds is 2. The molecule has 2 N–H and O–H groups in total. The average Bonchev–Trinajstić information content (AvgIpc) is 3.01. The maximum atomic E-state index is 12.2. The van der Waals surface area contributed by atoms with Gasteiger partial charge in [-0.05, 0) is 36.4 Å². The number of hydrogen-bond acceptors (Lipinski definition) is 3. The Balaban J connectivity index is 0.000000477. The van der Waals surface area contributed by atoms with E-state index in [1.807, 2.05) is 38.1 Å². The zero-order chi connectivity index (χ0) is 17.2. The van der Waals surface area contributed by atoms with Gasteiger partial charge in [-0.3, -0.25) is 4.79 Å². The van der Waals surface area contributed by atoms with Gasteiger partial charge in [0.15, 0.2) is 5.82 Å². The zero-order valence-corrected chi connectivity index (χ0v) is 14.1. The molecular weight excluding hydrogens is 288 g/mol. The van der Waals surface area contributed by atoms with Crippen LogP contribution in [0.25, 0.3) is 11.0 Å². The lowest BCUT2D eigenvalue weighted by molar-refractivity contribution is 0.103. The predicted molar refractivity (Wildman–Crippen MR) is 94.9 cm³/mol. The van der Waals surface area contributed by atoms with Gasteiger partial charge < -0.3 is 10.1 Å². The molecule has 3 rings (SSSR count). The van der Waals surface area contributed by atoms with Gasteiger partial charge in [0, 0.05) is 5.56 Å². The number of fused-ring (bicyclic) bond motifs is 1. The zero-order valence-electron chi connectivity index (χ0n) is 14.1. The molecule has 0 aliphatic carbocycles. The fourth-order valence-corrected chi connectivity index (χ4v) is 1.81. The molecule has 4 nitrogen and oxygen atoms in total. The maximum absolute atomic E-state index is 12.2. The lowest BCUT2D eigenvalue weighted by Gasteiger charge is -1.97. The Labute approximate surface area is 137 Å². The number of para-hydroxylation sites is 2. The number of phenolic OH excluding ortho intramolecular Hbond substituents is 1. The van der Waals surface area contributed by atoms with Crippen molar-refractivity contribution >= 4 is 16.8 Å². The molecule has 3 aromatic rings. The van der Waals surface area contributed by atoms with Gasteiger partial charge >= 0.3 is 0 Å². The van der Waals surface area contributed by atoms with Crippen molar-refractivity contribution in [2.45, 2.75) is 34.1 Å². The summed E-state index contributed by atoms with van der Waals surface area (Å²) in [5.74, 6) is 0.254. The van der Waals surface area contributed by atoms with E-state index in [1.165, 1.54) is 18.6 Å². The molecule has 0 saturated heterocycles. The fraction of sp³-hybridized carbons (Fsp3) is 0.263. The van der Waals surface area contributed by atoms with Gasteiger partial charge in [0.1, 0.15) is 5.75 Å². The number of imidazole rings is 1. The highest BCUT2D eigenvalue weighted by molar-refractivity contribution is 6.07. The molecule has 0 atom stereocenters. The summed E-state index contributed by atoms with van der Waals surface area (Å²) in [7, 11) is 0. The Morgan fingerprint density at radius 1 is 1.04 bits per heavy atom. The number of aromatic hydroxyl groups is 1. The largest absolute Gasteiger partial charge is 0.508 e. The van der Waals surface area contributed by atoms with E-state index in [0.717, 1.165) is 11.0 Å². The van der Waals surface area contributed by atoms with Gasteiger partial charge in [-0.1, -0.05) is 46.2 Å². The van der Waals surface area contributed by atoms with Crippen LogP contribution in [0.5, 0.6) is 5.75 Å². The molecular formula is C19H24N2O2. The van der Waals surface area contributed by atoms with Crippen LogP contribution in [-0.2, 0) is 0 Å². The van der Waals surface area contributed by atoms with E-state index in [1.54, 1.807) is 12.1 Å². The van der Waals surface area contributed by atoms with Gasteiger partial charge in [-0.15, -0.1) is 0 Å². The summed E-state index contributed by atoms with van der Waals surface area (Å²) < 4.78 is 0. The van der Waals surface area contributed by atoms with Crippen molar-refractivity contribution in [3.8, 4) is 5.75 Å². The highest BCUT2D eigenvalue weighted by Gasteiger charge is 2.13. The van der Waals surface area contributed by atoms with E-state index in [2.05, 4.69) is 23.8 Å². The molecule has 0 bridgehead atoms. The second-order valence-electron chi connectivity index (χ2n) is 4.69. The molecule has 0 saturated carbocycles. The van der Waals surface area contributed by atoms with E-state index < -0.39 is 0 Å². The maximum Gasteiger partial charge on any atom is 0.228 e. The van der Waals surface area contributed by atoms with Crippen LogP contribution >= 0.6 is 0 Å². The van der Waals surface area contributed by atoms with Gasteiger partial charge in [-0.2, -0.15) is 0 Å². The van der Waals surface area contributed by atoms with Crippen LogP contribution in [0.1, 0.15) is 50.3 Å². The quantitative estimate of drug-likeness (QED) is 0.658. The van der Waals surface area contributed by atoms with Gasteiger partial charge in [0.2, 0.25) is 5.78 Å². The Bertz CT molecular complexity index is 697. The molecule has 0 unspecified atom stereocenters. The van der Waals surface area contributed by atoms with Crippen molar-refractivity contribution in [3.63, 3.8) is 0 Å². The van der Waals surface area contributed by atoms with Crippen molar-refractivity contribution in [2.75, 3.05) is 0 Å². The molecule has 2 aromatic carbocycles. The predicted octanol–water partition coefficient (Wildman–Crippen LogP) is 4.94. The van der Waals surface area contributed by atoms with E-state index in [4.69, 9.17) is 0 Å². The number of aromatic nitrogens is 2. The number of H-pyrrole nitrogens is 1. The fourth-order valence-electron chi connectivity index (χ4n) is 1.81. The van der Waals surface area contributed by atoms with E-state index in [-0.39, 0.29) is 11.5 Å². The Hall–Kier alpha value is -2.62. The van der Waals surface area contributed by atoms with Crippen LogP contribution in [0, 0.1) is 0 Å². The summed E-state index contributed by atoms with van der Waals surface area (Å²) in [6.45, 7) is 8.25. The number of carbonyl (C=O) groups excluding carboxylic acids is 1. The van der Waals surface area contributed by atoms with E-state index in [0.29, 0.717) is 11.4 Å². The molecule has 0 aliphatic heterocycles. The van der Waals surface area contributed by atoms with Gasteiger partial charge in [0.25, 0.3) is 0 Å². The normalized spacial score (nSPS) is 9.39. The number of hydrogen-bond donors (Lipinski definition) is 2. The number of carbonyl (C=O) groups is 1. The summed E-state index contributed by atoms with van der Waals surface area (Å²) >= 11 is 0. The van der Waals surface area contributed by atoms with Crippen LogP contribution in [-0.4, -0.2) is 20.9 Å². The highest BCUT2D eigenvalue weighted by Crippen LogP contribution is 2.15. The first kappa shape index (κ1) is 18.4. The Kier molecular flexibility index (Phi) is 7.54.